The summed E-state index contributed by atoms with van der Waals surface area (Å²) in [5.74, 6) is -0.557. The van der Waals surface area contributed by atoms with E-state index in [1.165, 1.54) is 141 Å². The number of ether oxygens (including phenoxy) is 4. The highest BCUT2D eigenvalue weighted by molar-refractivity contribution is 7.47. The summed E-state index contributed by atoms with van der Waals surface area (Å²) < 4.78 is 68.0. The van der Waals surface area contributed by atoms with E-state index in [9.17, 15) is 43.2 Å². The number of rotatable bonds is 68. The van der Waals surface area contributed by atoms with Crippen LogP contribution in [0, 0.1) is 11.8 Å². The predicted molar refractivity (Wildman–Crippen MR) is 354 cm³/mol. The maximum atomic E-state index is 13.0. The van der Waals surface area contributed by atoms with Gasteiger partial charge < -0.3 is 33.8 Å². The fraction of sp³-hybridized carbons (Fsp3) is 0.942. The number of unbranched alkanes of at least 4 members (excludes halogenated alkanes) is 38. The second-order valence-corrected chi connectivity index (χ2v) is 28.8. The molecule has 0 aliphatic rings. The first-order valence-electron chi connectivity index (χ1n) is 36.0. The van der Waals surface area contributed by atoms with Gasteiger partial charge in [0, 0.05) is 25.7 Å². The normalized spacial score (nSPS) is 14.2. The molecule has 0 rings (SSSR count). The summed E-state index contributed by atoms with van der Waals surface area (Å²) in [6.45, 7) is 9.48. The van der Waals surface area contributed by atoms with Crippen LogP contribution in [0.1, 0.15) is 350 Å². The molecule has 0 aromatic heterocycles. The molecule has 0 aliphatic carbocycles. The molecule has 3 N–H and O–H groups in total. The SMILES string of the molecule is CCCCCCCCCC(=O)OC[C@H](COP(=O)(O)OC[C@H](O)COP(=O)(O)OC[C@@H](COC(=O)CCCCCCCCCCCCC(C)C)OC(=O)CCCCCCCCCCCCCCCCCCCCC(C)C)OC(=O)CCCCCCCCC. The molecule has 0 saturated heterocycles. The van der Waals surface area contributed by atoms with Crippen molar-refractivity contribution < 1.29 is 80.2 Å². The summed E-state index contributed by atoms with van der Waals surface area (Å²) in [4.78, 5) is 72.2. The Morgan fingerprint density at radius 1 is 0.307 bits per heavy atom. The van der Waals surface area contributed by atoms with Crippen LogP contribution in [0.15, 0.2) is 0 Å². The predicted octanol–water partition coefficient (Wildman–Crippen LogP) is 19.6. The standard InChI is InChI=1S/C69H134O17P2/c1-7-9-11-13-31-39-45-51-66(71)79-57-64(85-68(73)53-47-41-32-14-12-10-8-2)59-83-87(75,76)81-55-63(70)56-82-88(77,78)84-60-65(58-80-67(72)52-46-40-35-29-26-25-28-34-38-44-50-62(5)6)86-69(74)54-48-42-36-30-24-22-20-18-16-15-17-19-21-23-27-33-37-43-49-61(3)4/h61-65,70H,7-60H2,1-6H3,(H,75,76)(H,77,78)/t63-,64+,65+/m0/s1. The van der Waals surface area contributed by atoms with Crippen molar-refractivity contribution in [2.24, 2.45) is 11.8 Å². The molecule has 2 unspecified atom stereocenters. The van der Waals surface area contributed by atoms with Gasteiger partial charge in [0.05, 0.1) is 26.4 Å². The van der Waals surface area contributed by atoms with Gasteiger partial charge in [0.2, 0.25) is 0 Å². The number of phosphoric ester groups is 2. The molecule has 0 aromatic rings. The molecular formula is C69H134O17P2. The minimum Gasteiger partial charge on any atom is -0.462 e. The van der Waals surface area contributed by atoms with Crippen molar-refractivity contribution in [1.29, 1.82) is 0 Å². The zero-order valence-corrected chi connectivity index (χ0v) is 58.8. The number of phosphoric acid groups is 2. The third-order valence-corrected chi connectivity index (χ3v) is 17.9. The van der Waals surface area contributed by atoms with E-state index >= 15 is 0 Å². The molecule has 17 nitrogen and oxygen atoms in total. The Morgan fingerprint density at radius 3 is 0.773 bits per heavy atom. The van der Waals surface area contributed by atoms with Gasteiger partial charge in [-0.3, -0.25) is 37.3 Å². The van der Waals surface area contributed by atoms with Crippen LogP contribution in [-0.4, -0.2) is 96.7 Å². The first-order chi connectivity index (χ1) is 42.4. The third kappa shape index (κ3) is 62.8. The number of aliphatic hydroxyl groups excluding tert-OH is 1. The lowest BCUT2D eigenvalue weighted by atomic mass is 10.0. The van der Waals surface area contributed by atoms with E-state index in [0.29, 0.717) is 25.7 Å². The Hall–Kier alpha value is -1.94. The first-order valence-corrected chi connectivity index (χ1v) is 39.0. The van der Waals surface area contributed by atoms with Crippen molar-refractivity contribution in [3.05, 3.63) is 0 Å². The Labute approximate surface area is 537 Å². The van der Waals surface area contributed by atoms with Crippen LogP contribution in [0.2, 0.25) is 0 Å². The topological polar surface area (TPSA) is 237 Å². The zero-order valence-electron chi connectivity index (χ0n) is 57.0. The number of esters is 4. The monoisotopic (exact) mass is 1300 g/mol. The third-order valence-electron chi connectivity index (χ3n) is 16.0. The molecule has 0 saturated carbocycles. The second-order valence-electron chi connectivity index (χ2n) is 25.9. The maximum Gasteiger partial charge on any atom is 0.472 e. The van der Waals surface area contributed by atoms with E-state index < -0.39 is 97.5 Å². The summed E-state index contributed by atoms with van der Waals surface area (Å²) in [7, 11) is -9.88. The molecule has 0 bridgehead atoms. The lowest BCUT2D eigenvalue weighted by Crippen LogP contribution is -2.30. The fourth-order valence-corrected chi connectivity index (χ4v) is 12.0. The number of aliphatic hydroxyl groups is 1. The van der Waals surface area contributed by atoms with Gasteiger partial charge in [-0.15, -0.1) is 0 Å². The van der Waals surface area contributed by atoms with Crippen LogP contribution in [0.25, 0.3) is 0 Å². The Bertz CT molecular complexity index is 1720. The molecule has 0 fully saturated rings. The highest BCUT2D eigenvalue weighted by atomic mass is 31.2. The van der Waals surface area contributed by atoms with Gasteiger partial charge in [-0.05, 0) is 37.5 Å². The van der Waals surface area contributed by atoms with Crippen molar-refractivity contribution in [2.45, 2.75) is 368 Å². The quantitative estimate of drug-likeness (QED) is 0.0222. The van der Waals surface area contributed by atoms with Gasteiger partial charge in [0.15, 0.2) is 12.2 Å². The van der Waals surface area contributed by atoms with E-state index in [4.69, 9.17) is 37.0 Å². The van der Waals surface area contributed by atoms with E-state index in [0.717, 1.165) is 127 Å². The maximum absolute atomic E-state index is 13.0. The first kappa shape index (κ1) is 86.1. The number of carbonyl (C=O) groups is 4. The highest BCUT2D eigenvalue weighted by Gasteiger charge is 2.30. The average Bonchev–Trinajstić information content (AvgIpc) is 3.65. The highest BCUT2D eigenvalue weighted by Crippen LogP contribution is 2.45. The van der Waals surface area contributed by atoms with Crippen molar-refractivity contribution in [2.75, 3.05) is 39.6 Å². The van der Waals surface area contributed by atoms with E-state index in [1.807, 2.05) is 0 Å². The molecule has 0 aromatic carbocycles. The second kappa shape index (κ2) is 61.3. The molecule has 522 valence electrons. The minimum absolute atomic E-state index is 0.103. The number of carbonyl (C=O) groups excluding carboxylic acids is 4. The summed E-state index contributed by atoms with van der Waals surface area (Å²) in [5, 5.41) is 10.5. The van der Waals surface area contributed by atoms with Gasteiger partial charge in [0.25, 0.3) is 0 Å². The Morgan fingerprint density at radius 2 is 0.523 bits per heavy atom. The number of hydrogen-bond donors (Lipinski definition) is 3. The van der Waals surface area contributed by atoms with Crippen LogP contribution in [0.4, 0.5) is 0 Å². The van der Waals surface area contributed by atoms with Crippen LogP contribution < -0.4 is 0 Å². The summed E-state index contributed by atoms with van der Waals surface area (Å²) in [6, 6.07) is 0. The van der Waals surface area contributed by atoms with Crippen LogP contribution >= 0.6 is 15.6 Å². The summed E-state index contributed by atoms with van der Waals surface area (Å²) in [6.07, 6.45) is 46.2. The molecule has 0 heterocycles. The molecule has 5 atom stereocenters. The van der Waals surface area contributed by atoms with Crippen LogP contribution in [0.3, 0.4) is 0 Å². The fourth-order valence-electron chi connectivity index (χ4n) is 10.4. The Kier molecular flexibility index (Phi) is 59.9. The molecule has 0 aliphatic heterocycles. The average molecular weight is 1300 g/mol. The van der Waals surface area contributed by atoms with E-state index in [2.05, 4.69) is 41.5 Å². The lowest BCUT2D eigenvalue weighted by Gasteiger charge is -2.21. The van der Waals surface area contributed by atoms with Crippen LogP contribution in [-0.2, 0) is 65.4 Å². The molecule has 88 heavy (non-hydrogen) atoms. The number of hydrogen-bond acceptors (Lipinski definition) is 15. The largest absolute Gasteiger partial charge is 0.472 e. The summed E-state index contributed by atoms with van der Waals surface area (Å²) in [5.41, 5.74) is 0. The summed E-state index contributed by atoms with van der Waals surface area (Å²) >= 11 is 0. The smallest absolute Gasteiger partial charge is 0.462 e. The molecular weight excluding hydrogens is 1160 g/mol. The van der Waals surface area contributed by atoms with Crippen molar-refractivity contribution >= 4 is 39.5 Å². The minimum atomic E-state index is -4.95. The van der Waals surface area contributed by atoms with Gasteiger partial charge in [0.1, 0.15) is 19.3 Å². The van der Waals surface area contributed by atoms with Crippen LogP contribution in [0.5, 0.6) is 0 Å². The van der Waals surface area contributed by atoms with Crippen molar-refractivity contribution in [1.82, 2.24) is 0 Å². The molecule has 0 radical (unpaired) electrons. The van der Waals surface area contributed by atoms with Gasteiger partial charge in [-0.2, -0.15) is 0 Å². The van der Waals surface area contributed by atoms with Gasteiger partial charge in [-0.1, -0.05) is 298 Å². The molecule has 0 amide bonds. The lowest BCUT2D eigenvalue weighted by molar-refractivity contribution is -0.161. The van der Waals surface area contributed by atoms with Crippen molar-refractivity contribution in [3.8, 4) is 0 Å². The van der Waals surface area contributed by atoms with Gasteiger partial charge in [-0.25, -0.2) is 9.13 Å². The van der Waals surface area contributed by atoms with E-state index in [-0.39, 0.29) is 25.7 Å². The van der Waals surface area contributed by atoms with Crippen molar-refractivity contribution in [3.63, 3.8) is 0 Å². The molecule has 19 heteroatoms. The zero-order chi connectivity index (χ0) is 65.0. The molecule has 0 spiro atoms. The Balaban J connectivity index is 5.11. The van der Waals surface area contributed by atoms with E-state index in [1.54, 1.807) is 0 Å². The van der Waals surface area contributed by atoms with Gasteiger partial charge >= 0.3 is 39.5 Å².